The van der Waals surface area contributed by atoms with E-state index in [1.165, 1.54) is 38.2 Å². The van der Waals surface area contributed by atoms with Crippen molar-refractivity contribution in [2.75, 3.05) is 30.4 Å². The number of halogens is 2. The predicted molar refractivity (Wildman–Crippen MR) is 164 cm³/mol. The van der Waals surface area contributed by atoms with Crippen molar-refractivity contribution in [3.63, 3.8) is 0 Å². The molecule has 0 aromatic heterocycles. The minimum Gasteiger partial charge on any atom is -0.747 e. The molecule has 0 fully saturated rings. The molecule has 15 heteroatoms. The molecule has 0 aliphatic heterocycles. The molecule has 2 atom stereocenters. The van der Waals surface area contributed by atoms with E-state index in [-0.39, 0.29) is 74.2 Å². The molecular weight excluding hydrogens is 650 g/mol. The number of hydrogen-bond donors (Lipinski definition) is 3. The van der Waals surface area contributed by atoms with E-state index in [4.69, 9.17) is 4.74 Å². The first-order valence-corrected chi connectivity index (χ1v) is 15.4. The SMILES string of the molecule is CC(C)CC(NC(=O)CNC(=O)Nc1cccc(C(C)S(=O)(=O)[O-])c1)c1ccccc1OCC(=O)N(C)c1cc(F)cc(F)c1.[K+]. The summed E-state index contributed by atoms with van der Waals surface area (Å²) in [6.45, 7) is 4.31. The van der Waals surface area contributed by atoms with Gasteiger partial charge >= 0.3 is 57.4 Å². The van der Waals surface area contributed by atoms with Gasteiger partial charge in [-0.05, 0) is 55.2 Å². The van der Waals surface area contributed by atoms with Crippen molar-refractivity contribution in [3.8, 4) is 5.75 Å². The van der Waals surface area contributed by atoms with Crippen molar-refractivity contribution in [2.45, 2.75) is 38.5 Å². The van der Waals surface area contributed by atoms with E-state index in [9.17, 15) is 36.1 Å². The summed E-state index contributed by atoms with van der Waals surface area (Å²) in [6.07, 6.45) is 0.488. The van der Waals surface area contributed by atoms with Crippen LogP contribution in [0.3, 0.4) is 0 Å². The van der Waals surface area contributed by atoms with Crippen molar-refractivity contribution >= 4 is 39.3 Å². The van der Waals surface area contributed by atoms with E-state index in [2.05, 4.69) is 16.0 Å². The first kappa shape index (κ1) is 39.3. The van der Waals surface area contributed by atoms with Crippen LogP contribution in [-0.4, -0.2) is 51.0 Å². The third-order valence-corrected chi connectivity index (χ3v) is 7.89. The van der Waals surface area contributed by atoms with Gasteiger partial charge in [-0.25, -0.2) is 22.0 Å². The Hall–Kier alpha value is -2.92. The summed E-state index contributed by atoms with van der Waals surface area (Å²) in [4.78, 5) is 39.1. The van der Waals surface area contributed by atoms with Gasteiger partial charge in [0.15, 0.2) is 6.61 Å². The minimum atomic E-state index is -4.58. The number of rotatable bonds is 13. The molecule has 11 nitrogen and oxygen atoms in total. The van der Waals surface area contributed by atoms with Crippen LogP contribution in [0.15, 0.2) is 66.7 Å². The van der Waals surface area contributed by atoms with E-state index in [0.717, 1.165) is 17.0 Å². The third kappa shape index (κ3) is 12.0. The quantitative estimate of drug-likeness (QED) is 0.183. The van der Waals surface area contributed by atoms with Gasteiger partial charge in [0.05, 0.1) is 17.8 Å². The second kappa shape index (κ2) is 17.8. The summed E-state index contributed by atoms with van der Waals surface area (Å²) in [5, 5.41) is 6.50. The van der Waals surface area contributed by atoms with Crippen LogP contribution in [0, 0.1) is 17.6 Å². The maximum atomic E-state index is 13.6. The molecule has 0 saturated carbocycles. The van der Waals surface area contributed by atoms with Crippen molar-refractivity contribution < 1.29 is 92.3 Å². The van der Waals surface area contributed by atoms with Crippen LogP contribution in [-0.2, 0) is 19.7 Å². The maximum absolute atomic E-state index is 13.6. The second-order valence-corrected chi connectivity index (χ2v) is 12.4. The minimum absolute atomic E-state index is 0. The molecule has 4 amide bonds. The third-order valence-electron chi connectivity index (χ3n) is 6.75. The van der Waals surface area contributed by atoms with Gasteiger partial charge in [0.2, 0.25) is 5.91 Å². The molecular formula is C31H35F2KN4O7S. The molecule has 3 rings (SSSR count). The Labute approximate surface area is 309 Å². The Bertz CT molecular complexity index is 1620. The van der Waals surface area contributed by atoms with Gasteiger partial charge < -0.3 is 30.1 Å². The van der Waals surface area contributed by atoms with E-state index in [1.54, 1.807) is 24.3 Å². The molecule has 2 unspecified atom stereocenters. The van der Waals surface area contributed by atoms with E-state index in [1.807, 2.05) is 13.8 Å². The van der Waals surface area contributed by atoms with Gasteiger partial charge in [-0.3, -0.25) is 9.59 Å². The van der Waals surface area contributed by atoms with Crippen molar-refractivity contribution in [1.82, 2.24) is 10.6 Å². The fourth-order valence-electron chi connectivity index (χ4n) is 4.37. The fraction of sp³-hybridized carbons (Fsp3) is 0.323. The summed E-state index contributed by atoms with van der Waals surface area (Å²) in [7, 11) is -3.21. The van der Waals surface area contributed by atoms with Crippen molar-refractivity contribution in [2.24, 2.45) is 5.92 Å². The number of nitrogens with zero attached hydrogens (tertiary/aromatic N) is 1. The molecule has 0 saturated heterocycles. The number of anilines is 2. The number of ether oxygens (including phenoxy) is 1. The van der Waals surface area contributed by atoms with Crippen LogP contribution >= 0.6 is 0 Å². The van der Waals surface area contributed by atoms with Crippen molar-refractivity contribution in [1.29, 1.82) is 0 Å². The Morgan fingerprint density at radius 3 is 2.24 bits per heavy atom. The monoisotopic (exact) mass is 684 g/mol. The van der Waals surface area contributed by atoms with E-state index in [0.29, 0.717) is 23.8 Å². The topological polar surface area (TPSA) is 157 Å². The van der Waals surface area contributed by atoms with Crippen LogP contribution in [0.25, 0.3) is 0 Å². The Balaban J connectivity index is 0.00000736. The summed E-state index contributed by atoms with van der Waals surface area (Å²) in [5.41, 5.74) is 1.03. The average molecular weight is 685 g/mol. The number of hydrogen-bond acceptors (Lipinski definition) is 7. The van der Waals surface area contributed by atoms with Crippen LogP contribution < -0.4 is 77.0 Å². The van der Waals surface area contributed by atoms with Crippen LogP contribution in [0.2, 0.25) is 0 Å². The molecule has 3 aromatic carbocycles. The first-order chi connectivity index (χ1) is 21.1. The molecule has 0 radical (unpaired) electrons. The van der Waals surface area contributed by atoms with Crippen LogP contribution in [0.1, 0.15) is 49.6 Å². The van der Waals surface area contributed by atoms with Gasteiger partial charge in [0, 0.05) is 30.1 Å². The zero-order valence-electron chi connectivity index (χ0n) is 26.2. The molecule has 0 spiro atoms. The predicted octanol–water partition coefficient (Wildman–Crippen LogP) is 1.64. The number of benzene rings is 3. The number of likely N-dealkylation sites (N-methyl/N-ethyl adjacent to an activating group) is 1. The molecule has 0 bridgehead atoms. The molecule has 242 valence electrons. The normalized spacial score (nSPS) is 12.3. The van der Waals surface area contributed by atoms with E-state index < -0.39 is 64.0 Å². The zero-order valence-corrected chi connectivity index (χ0v) is 30.1. The second-order valence-electron chi connectivity index (χ2n) is 10.7. The Kier molecular flexibility index (Phi) is 15.2. The van der Waals surface area contributed by atoms with Crippen molar-refractivity contribution in [3.05, 3.63) is 89.5 Å². The number of amides is 4. The summed E-state index contributed by atoms with van der Waals surface area (Å²) in [5.74, 6) is -2.29. The van der Waals surface area contributed by atoms with Gasteiger partial charge in [-0.1, -0.05) is 44.2 Å². The smallest absolute Gasteiger partial charge is 0.747 e. The summed E-state index contributed by atoms with van der Waals surface area (Å²) >= 11 is 0. The largest absolute Gasteiger partial charge is 1.00 e. The zero-order chi connectivity index (χ0) is 33.3. The van der Waals surface area contributed by atoms with Gasteiger partial charge in [-0.2, -0.15) is 0 Å². The number of urea groups is 1. The van der Waals surface area contributed by atoms with Gasteiger partial charge in [0.1, 0.15) is 27.5 Å². The molecule has 46 heavy (non-hydrogen) atoms. The first-order valence-electron chi connectivity index (χ1n) is 14.0. The average Bonchev–Trinajstić information content (AvgIpc) is 2.96. The molecule has 0 heterocycles. The van der Waals surface area contributed by atoms with Gasteiger partial charge in [0.25, 0.3) is 5.91 Å². The molecule has 3 N–H and O–H groups in total. The number of carbonyl (C=O) groups is 3. The Morgan fingerprint density at radius 2 is 1.61 bits per heavy atom. The molecule has 0 aliphatic rings. The summed E-state index contributed by atoms with van der Waals surface area (Å²) < 4.78 is 67.1. The number of nitrogens with one attached hydrogen (secondary N) is 3. The van der Waals surface area contributed by atoms with Crippen LogP contribution in [0.5, 0.6) is 5.75 Å². The standard InChI is InChI=1S/C31H36F2N4O7S.K/c1-19(2)12-27(36-29(38)17-34-31(40)35-24-9-7-8-21(13-24)20(3)45(41,42)43)26-10-5-6-11-28(26)44-18-30(39)37(4)25-15-22(32)14-23(33)16-25;/h5-11,13-16,19-20,27H,12,17-18H2,1-4H3,(H,36,38)(H2,34,35,40)(H,41,42,43);/q;+1/p-1. The fourth-order valence-corrected chi connectivity index (χ4v) is 4.85. The number of carbonyl (C=O) groups excluding carboxylic acids is 3. The maximum Gasteiger partial charge on any atom is 1.00 e. The molecule has 0 aliphatic carbocycles. The van der Waals surface area contributed by atoms with E-state index >= 15 is 0 Å². The van der Waals surface area contributed by atoms with Gasteiger partial charge in [-0.15, -0.1) is 0 Å². The van der Waals surface area contributed by atoms with Crippen LogP contribution in [0.4, 0.5) is 25.0 Å². The molecule has 3 aromatic rings. The summed E-state index contributed by atoms with van der Waals surface area (Å²) in [6, 6.07) is 14.0. The Morgan fingerprint density at radius 1 is 0.957 bits per heavy atom. The number of para-hydroxylation sites is 1.